The smallest absolute Gasteiger partial charge is 0.257 e. The van der Waals surface area contributed by atoms with Crippen molar-refractivity contribution in [2.24, 2.45) is 0 Å². The third-order valence-corrected chi connectivity index (χ3v) is 5.41. The number of anilines is 1. The van der Waals surface area contributed by atoms with Crippen molar-refractivity contribution < 1.29 is 9.18 Å². The zero-order valence-corrected chi connectivity index (χ0v) is 14.7. The van der Waals surface area contributed by atoms with Gasteiger partial charge in [0.2, 0.25) is 0 Å². The number of aromatic nitrogens is 2. The highest BCUT2D eigenvalue weighted by Crippen LogP contribution is 2.27. The Hall–Kier alpha value is -2.41. The van der Waals surface area contributed by atoms with Gasteiger partial charge in [0.15, 0.2) is 0 Å². The van der Waals surface area contributed by atoms with Crippen LogP contribution in [-0.4, -0.2) is 60.3 Å². The molecule has 0 unspecified atom stereocenters. The molecule has 0 saturated carbocycles. The zero-order chi connectivity index (χ0) is 17.9. The van der Waals surface area contributed by atoms with Gasteiger partial charge in [0, 0.05) is 32.1 Å². The van der Waals surface area contributed by atoms with Crippen molar-refractivity contribution in [2.45, 2.75) is 18.8 Å². The maximum absolute atomic E-state index is 14.0. The maximum atomic E-state index is 14.0. The van der Waals surface area contributed by atoms with Gasteiger partial charge in [0.25, 0.3) is 5.91 Å². The minimum Gasteiger partial charge on any atom is -0.366 e. The average molecular weight is 357 g/mol. The molecule has 0 atom stereocenters. The minimum absolute atomic E-state index is 0.0282. The fourth-order valence-electron chi connectivity index (χ4n) is 3.92. The fourth-order valence-corrected chi connectivity index (χ4v) is 3.92. The molecule has 0 aliphatic carbocycles. The number of aromatic amines is 1. The van der Waals surface area contributed by atoms with Crippen LogP contribution in [0.3, 0.4) is 0 Å². The molecule has 2 fully saturated rings. The van der Waals surface area contributed by atoms with E-state index in [9.17, 15) is 9.18 Å². The molecule has 2 aromatic rings. The van der Waals surface area contributed by atoms with E-state index in [4.69, 9.17) is 0 Å². The van der Waals surface area contributed by atoms with Crippen molar-refractivity contribution in [1.82, 2.24) is 20.4 Å². The summed E-state index contributed by atoms with van der Waals surface area (Å²) in [6.45, 7) is 4.38. The van der Waals surface area contributed by atoms with Crippen LogP contribution in [0.4, 0.5) is 10.1 Å². The number of nitrogens with zero attached hydrogens (tertiary/aromatic N) is 3. The van der Waals surface area contributed by atoms with Gasteiger partial charge in [0.05, 0.1) is 23.1 Å². The summed E-state index contributed by atoms with van der Waals surface area (Å²) < 4.78 is 14.0. The van der Waals surface area contributed by atoms with E-state index in [0.717, 1.165) is 31.6 Å². The van der Waals surface area contributed by atoms with Crippen molar-refractivity contribution in [3.05, 3.63) is 47.5 Å². The maximum Gasteiger partial charge on any atom is 0.257 e. The van der Waals surface area contributed by atoms with Crippen molar-refractivity contribution in [3.63, 3.8) is 0 Å². The van der Waals surface area contributed by atoms with E-state index in [1.54, 1.807) is 18.3 Å². The number of carbonyl (C=O) groups is 1. The summed E-state index contributed by atoms with van der Waals surface area (Å²) in [5.74, 6) is 0.174. The van der Waals surface area contributed by atoms with Gasteiger partial charge in [-0.15, -0.1) is 0 Å². The molecular weight excluding hydrogens is 333 g/mol. The van der Waals surface area contributed by atoms with Crippen molar-refractivity contribution >= 4 is 11.6 Å². The van der Waals surface area contributed by atoms with Crippen LogP contribution in [-0.2, 0) is 0 Å². The minimum atomic E-state index is -0.213. The lowest BCUT2D eigenvalue weighted by molar-refractivity contribution is 0.0744. The van der Waals surface area contributed by atoms with Gasteiger partial charge >= 0.3 is 0 Å². The molecule has 4 rings (SSSR count). The standard InChI is InChI=1S/C19H24FN5O/c20-16-3-1-2-4-17(16)24-9-11-25(12-10-24)19(26)15-13-22-23-18(15)14-5-7-21-8-6-14/h1-4,13-14,21H,5-12H2,(H,22,23). The first kappa shape index (κ1) is 17.0. The lowest BCUT2D eigenvalue weighted by Crippen LogP contribution is -2.49. The quantitative estimate of drug-likeness (QED) is 0.882. The van der Waals surface area contributed by atoms with E-state index in [1.807, 2.05) is 15.9 Å². The van der Waals surface area contributed by atoms with Crippen LogP contribution in [0.25, 0.3) is 0 Å². The van der Waals surface area contributed by atoms with Crippen molar-refractivity contribution in [2.75, 3.05) is 44.2 Å². The Balaban J connectivity index is 1.43. The molecule has 2 aliphatic heterocycles. The number of para-hydroxylation sites is 1. The lowest BCUT2D eigenvalue weighted by Gasteiger charge is -2.36. The Bertz CT molecular complexity index is 763. The monoisotopic (exact) mass is 357 g/mol. The molecule has 7 heteroatoms. The third kappa shape index (κ3) is 3.31. The first-order chi connectivity index (χ1) is 12.7. The second-order valence-corrected chi connectivity index (χ2v) is 6.95. The summed E-state index contributed by atoms with van der Waals surface area (Å²) >= 11 is 0. The molecule has 2 saturated heterocycles. The number of H-pyrrole nitrogens is 1. The predicted molar refractivity (Wildman–Crippen MR) is 97.9 cm³/mol. The van der Waals surface area contributed by atoms with Crippen LogP contribution in [0, 0.1) is 5.82 Å². The number of piperazine rings is 1. The van der Waals surface area contributed by atoms with Crippen LogP contribution >= 0.6 is 0 Å². The Morgan fingerprint density at radius 3 is 2.58 bits per heavy atom. The molecule has 0 radical (unpaired) electrons. The largest absolute Gasteiger partial charge is 0.366 e. The first-order valence-corrected chi connectivity index (χ1v) is 9.27. The Labute approximate surface area is 152 Å². The summed E-state index contributed by atoms with van der Waals surface area (Å²) in [6.07, 6.45) is 3.69. The molecule has 138 valence electrons. The summed E-state index contributed by atoms with van der Waals surface area (Å²) in [7, 11) is 0. The molecule has 3 heterocycles. The highest BCUT2D eigenvalue weighted by molar-refractivity contribution is 5.95. The molecule has 1 aromatic carbocycles. The van der Waals surface area contributed by atoms with Crippen LogP contribution < -0.4 is 10.2 Å². The third-order valence-electron chi connectivity index (χ3n) is 5.41. The molecule has 0 bridgehead atoms. The Morgan fingerprint density at radius 1 is 1.12 bits per heavy atom. The van der Waals surface area contributed by atoms with Crippen molar-refractivity contribution in [1.29, 1.82) is 0 Å². The van der Waals surface area contributed by atoms with Crippen LogP contribution in [0.2, 0.25) is 0 Å². The zero-order valence-electron chi connectivity index (χ0n) is 14.7. The number of rotatable bonds is 3. The number of benzene rings is 1. The molecule has 2 aliphatic rings. The van der Waals surface area contributed by atoms with Gasteiger partial charge in [-0.3, -0.25) is 9.89 Å². The van der Waals surface area contributed by atoms with Gasteiger partial charge in [0.1, 0.15) is 5.82 Å². The van der Waals surface area contributed by atoms with E-state index >= 15 is 0 Å². The summed E-state index contributed by atoms with van der Waals surface area (Å²) in [5.41, 5.74) is 2.27. The molecule has 1 amide bonds. The summed E-state index contributed by atoms with van der Waals surface area (Å²) in [6, 6.07) is 6.80. The van der Waals surface area contributed by atoms with E-state index in [1.165, 1.54) is 6.07 Å². The highest BCUT2D eigenvalue weighted by Gasteiger charge is 2.28. The number of carbonyl (C=O) groups excluding carboxylic acids is 1. The predicted octanol–water partition coefficient (Wildman–Crippen LogP) is 1.98. The Kier molecular flexibility index (Phi) is 4.88. The van der Waals surface area contributed by atoms with Gasteiger partial charge in [-0.2, -0.15) is 5.10 Å². The van der Waals surface area contributed by atoms with Gasteiger partial charge in [-0.05, 0) is 38.1 Å². The molecule has 6 nitrogen and oxygen atoms in total. The van der Waals surface area contributed by atoms with Crippen LogP contribution in [0.1, 0.15) is 34.8 Å². The van der Waals surface area contributed by atoms with Crippen LogP contribution in [0.15, 0.2) is 30.5 Å². The number of amides is 1. The fraction of sp³-hybridized carbons (Fsp3) is 0.474. The molecule has 2 N–H and O–H groups in total. The normalized spacial score (nSPS) is 19.0. The van der Waals surface area contributed by atoms with Gasteiger partial charge in [-0.1, -0.05) is 12.1 Å². The van der Waals surface area contributed by atoms with E-state index in [2.05, 4.69) is 15.5 Å². The average Bonchev–Trinajstić information content (AvgIpc) is 3.18. The highest BCUT2D eigenvalue weighted by atomic mass is 19.1. The number of hydrogen-bond acceptors (Lipinski definition) is 4. The molecule has 1 aromatic heterocycles. The topological polar surface area (TPSA) is 64.3 Å². The Morgan fingerprint density at radius 2 is 1.85 bits per heavy atom. The van der Waals surface area contributed by atoms with Crippen LogP contribution in [0.5, 0.6) is 0 Å². The molecule has 26 heavy (non-hydrogen) atoms. The van der Waals surface area contributed by atoms with Gasteiger partial charge in [-0.25, -0.2) is 4.39 Å². The SMILES string of the molecule is O=C(c1cn[nH]c1C1CCNCC1)N1CCN(c2ccccc2F)CC1. The molecular formula is C19H24FN5O. The second-order valence-electron chi connectivity index (χ2n) is 6.95. The van der Waals surface area contributed by atoms with E-state index in [0.29, 0.717) is 43.3 Å². The number of hydrogen-bond donors (Lipinski definition) is 2. The summed E-state index contributed by atoms with van der Waals surface area (Å²) in [5, 5.41) is 10.5. The molecule has 0 spiro atoms. The second kappa shape index (κ2) is 7.45. The van der Waals surface area contributed by atoms with Gasteiger partial charge < -0.3 is 15.1 Å². The first-order valence-electron chi connectivity index (χ1n) is 9.27. The number of nitrogens with one attached hydrogen (secondary N) is 2. The number of piperidine rings is 1. The van der Waals surface area contributed by atoms with E-state index < -0.39 is 0 Å². The summed E-state index contributed by atoms with van der Waals surface area (Å²) in [4.78, 5) is 16.8. The number of halogens is 1. The van der Waals surface area contributed by atoms with Crippen molar-refractivity contribution in [3.8, 4) is 0 Å². The lowest BCUT2D eigenvalue weighted by atomic mass is 9.92. The van der Waals surface area contributed by atoms with E-state index in [-0.39, 0.29) is 11.7 Å².